The fraction of sp³-hybridized carbons (Fsp3) is 0.278. The van der Waals surface area contributed by atoms with Crippen molar-refractivity contribution >= 4 is 29.3 Å². The Balaban J connectivity index is 1.64. The third-order valence-corrected chi connectivity index (χ3v) is 4.58. The quantitative estimate of drug-likeness (QED) is 0.768. The van der Waals surface area contributed by atoms with E-state index in [1.54, 1.807) is 0 Å². The summed E-state index contributed by atoms with van der Waals surface area (Å²) in [5, 5.41) is 3.61. The Bertz CT molecular complexity index is 630. The highest BCUT2D eigenvalue weighted by Crippen LogP contribution is 2.15. The zero-order valence-corrected chi connectivity index (χ0v) is 14.2. The molecule has 2 nitrogen and oxygen atoms in total. The first-order valence-corrected chi connectivity index (χ1v) is 8.82. The van der Waals surface area contributed by atoms with Crippen molar-refractivity contribution in [3.05, 3.63) is 70.2 Å². The van der Waals surface area contributed by atoms with E-state index < -0.39 is 0 Å². The van der Waals surface area contributed by atoms with Gasteiger partial charge in [0.2, 0.25) is 5.91 Å². The number of halogens is 1. The van der Waals surface area contributed by atoms with Gasteiger partial charge < -0.3 is 5.32 Å². The fourth-order valence-electron chi connectivity index (χ4n) is 2.11. The van der Waals surface area contributed by atoms with Gasteiger partial charge in [-0.3, -0.25) is 4.79 Å². The second-order valence-corrected chi connectivity index (χ2v) is 6.68. The number of rotatable bonds is 7. The molecular formula is C18H20ClNOS. The van der Waals surface area contributed by atoms with E-state index >= 15 is 0 Å². The lowest BCUT2D eigenvalue weighted by Gasteiger charge is -2.07. The van der Waals surface area contributed by atoms with E-state index in [4.69, 9.17) is 11.6 Å². The Kier molecular flexibility index (Phi) is 6.81. The molecule has 0 radical (unpaired) electrons. The van der Waals surface area contributed by atoms with Crippen molar-refractivity contribution in [2.45, 2.75) is 19.1 Å². The molecule has 0 unspecified atom stereocenters. The molecule has 2 aromatic carbocycles. The summed E-state index contributed by atoms with van der Waals surface area (Å²) in [6, 6.07) is 15.8. The van der Waals surface area contributed by atoms with E-state index in [-0.39, 0.29) is 5.91 Å². The zero-order chi connectivity index (χ0) is 15.8. The average molecular weight is 334 g/mol. The molecular weight excluding hydrogens is 314 g/mol. The Morgan fingerprint density at radius 3 is 2.77 bits per heavy atom. The maximum atomic E-state index is 11.8. The summed E-state index contributed by atoms with van der Waals surface area (Å²) in [5.41, 5.74) is 3.62. The Morgan fingerprint density at radius 2 is 2.00 bits per heavy atom. The van der Waals surface area contributed by atoms with Crippen LogP contribution in [0.15, 0.2) is 48.5 Å². The molecule has 4 heteroatoms. The molecule has 0 atom stereocenters. The summed E-state index contributed by atoms with van der Waals surface area (Å²) >= 11 is 7.75. The highest BCUT2D eigenvalue weighted by atomic mass is 35.5. The molecule has 0 aliphatic rings. The molecule has 0 heterocycles. The molecule has 0 fully saturated rings. The number of aryl methyl sites for hydroxylation is 1. The SMILES string of the molecule is Cc1ccccc1CSCCNC(=O)Cc1cccc(Cl)c1. The van der Waals surface area contributed by atoms with Crippen LogP contribution >= 0.6 is 23.4 Å². The number of carbonyl (C=O) groups excluding carboxylic acids is 1. The standard InChI is InChI=1S/C18H20ClNOS/c1-14-5-2-3-7-16(14)13-22-10-9-20-18(21)12-15-6-4-8-17(19)11-15/h2-8,11H,9-10,12-13H2,1H3,(H,20,21). The van der Waals surface area contributed by atoms with Crippen molar-refractivity contribution in [1.82, 2.24) is 5.32 Å². The van der Waals surface area contributed by atoms with Gasteiger partial charge in [-0.2, -0.15) is 11.8 Å². The van der Waals surface area contributed by atoms with Crippen LogP contribution in [0.3, 0.4) is 0 Å². The van der Waals surface area contributed by atoms with Crippen LogP contribution in [-0.4, -0.2) is 18.2 Å². The summed E-state index contributed by atoms with van der Waals surface area (Å²) < 4.78 is 0. The molecule has 0 spiro atoms. The summed E-state index contributed by atoms with van der Waals surface area (Å²) in [4.78, 5) is 11.8. The van der Waals surface area contributed by atoms with Crippen LogP contribution in [0.1, 0.15) is 16.7 Å². The first-order valence-electron chi connectivity index (χ1n) is 7.28. The highest BCUT2D eigenvalue weighted by Gasteiger charge is 2.03. The van der Waals surface area contributed by atoms with Crippen LogP contribution < -0.4 is 5.32 Å². The molecule has 1 amide bonds. The van der Waals surface area contributed by atoms with E-state index in [1.807, 2.05) is 36.0 Å². The number of nitrogens with one attached hydrogen (secondary N) is 1. The van der Waals surface area contributed by atoms with Crippen LogP contribution in [0.4, 0.5) is 0 Å². The van der Waals surface area contributed by atoms with Gasteiger partial charge in [0.25, 0.3) is 0 Å². The third kappa shape index (κ3) is 5.74. The Morgan fingerprint density at radius 1 is 1.18 bits per heavy atom. The Hall–Kier alpha value is -1.45. The van der Waals surface area contributed by atoms with Crippen LogP contribution in [0, 0.1) is 6.92 Å². The van der Waals surface area contributed by atoms with Crippen molar-refractivity contribution < 1.29 is 4.79 Å². The molecule has 22 heavy (non-hydrogen) atoms. The summed E-state index contributed by atoms with van der Waals surface area (Å²) in [6.45, 7) is 2.82. The van der Waals surface area contributed by atoms with Gasteiger partial charge in [0.1, 0.15) is 0 Å². The van der Waals surface area contributed by atoms with Crippen LogP contribution in [0.25, 0.3) is 0 Å². The lowest BCUT2D eigenvalue weighted by molar-refractivity contribution is -0.120. The molecule has 0 saturated heterocycles. The lowest BCUT2D eigenvalue weighted by Crippen LogP contribution is -2.27. The predicted molar refractivity (Wildman–Crippen MR) is 95.5 cm³/mol. The van der Waals surface area contributed by atoms with Gasteiger partial charge in [0.05, 0.1) is 6.42 Å². The molecule has 0 saturated carbocycles. The molecule has 2 aromatic rings. The van der Waals surface area contributed by atoms with Gasteiger partial charge in [-0.15, -0.1) is 0 Å². The average Bonchev–Trinajstić information content (AvgIpc) is 2.48. The molecule has 2 rings (SSSR count). The minimum atomic E-state index is 0.0405. The number of hydrogen-bond acceptors (Lipinski definition) is 2. The molecule has 0 bridgehead atoms. The van der Waals surface area contributed by atoms with E-state index in [0.717, 1.165) is 17.1 Å². The molecule has 0 aliphatic carbocycles. The fourth-order valence-corrected chi connectivity index (χ4v) is 3.26. The summed E-state index contributed by atoms with van der Waals surface area (Å²) in [6.07, 6.45) is 0.378. The first-order chi connectivity index (χ1) is 10.6. The minimum absolute atomic E-state index is 0.0405. The van der Waals surface area contributed by atoms with Crippen molar-refractivity contribution in [2.75, 3.05) is 12.3 Å². The molecule has 0 aromatic heterocycles. The van der Waals surface area contributed by atoms with Gasteiger partial charge in [0, 0.05) is 23.1 Å². The zero-order valence-electron chi connectivity index (χ0n) is 12.6. The van der Waals surface area contributed by atoms with E-state index in [1.165, 1.54) is 11.1 Å². The lowest BCUT2D eigenvalue weighted by atomic mass is 10.1. The third-order valence-electron chi connectivity index (χ3n) is 3.34. The van der Waals surface area contributed by atoms with Gasteiger partial charge >= 0.3 is 0 Å². The number of hydrogen-bond donors (Lipinski definition) is 1. The summed E-state index contributed by atoms with van der Waals surface area (Å²) in [5.74, 6) is 1.94. The number of benzene rings is 2. The smallest absolute Gasteiger partial charge is 0.224 e. The highest BCUT2D eigenvalue weighted by molar-refractivity contribution is 7.98. The van der Waals surface area contributed by atoms with E-state index in [9.17, 15) is 4.79 Å². The first kappa shape index (κ1) is 16.9. The minimum Gasteiger partial charge on any atom is -0.355 e. The second-order valence-electron chi connectivity index (χ2n) is 5.14. The maximum Gasteiger partial charge on any atom is 0.224 e. The monoisotopic (exact) mass is 333 g/mol. The van der Waals surface area contributed by atoms with Crippen molar-refractivity contribution in [3.63, 3.8) is 0 Å². The van der Waals surface area contributed by atoms with Crippen molar-refractivity contribution in [2.24, 2.45) is 0 Å². The van der Waals surface area contributed by atoms with Crippen LogP contribution in [0.5, 0.6) is 0 Å². The van der Waals surface area contributed by atoms with Gasteiger partial charge in [-0.05, 0) is 35.7 Å². The van der Waals surface area contributed by atoms with Crippen LogP contribution in [-0.2, 0) is 17.0 Å². The van der Waals surface area contributed by atoms with Gasteiger partial charge in [-0.1, -0.05) is 48.0 Å². The number of carbonyl (C=O) groups is 1. The van der Waals surface area contributed by atoms with Gasteiger partial charge in [0.15, 0.2) is 0 Å². The number of amides is 1. The van der Waals surface area contributed by atoms with Gasteiger partial charge in [-0.25, -0.2) is 0 Å². The molecule has 116 valence electrons. The second kappa shape index (κ2) is 8.86. The van der Waals surface area contributed by atoms with Crippen molar-refractivity contribution in [1.29, 1.82) is 0 Å². The van der Waals surface area contributed by atoms with Crippen molar-refractivity contribution in [3.8, 4) is 0 Å². The maximum absolute atomic E-state index is 11.8. The normalized spacial score (nSPS) is 10.5. The molecule has 1 N–H and O–H groups in total. The van der Waals surface area contributed by atoms with E-state index in [0.29, 0.717) is 18.0 Å². The Labute approximate surface area is 141 Å². The summed E-state index contributed by atoms with van der Waals surface area (Å²) in [7, 11) is 0. The topological polar surface area (TPSA) is 29.1 Å². The largest absolute Gasteiger partial charge is 0.355 e. The van der Waals surface area contributed by atoms with Crippen LogP contribution in [0.2, 0.25) is 5.02 Å². The molecule has 0 aliphatic heterocycles. The predicted octanol–water partition coefficient (Wildman–Crippen LogP) is 4.24. The van der Waals surface area contributed by atoms with E-state index in [2.05, 4.69) is 36.5 Å². The number of thioether (sulfide) groups is 1.